The summed E-state index contributed by atoms with van der Waals surface area (Å²) in [5, 5.41) is 4.69. The second-order valence-corrected chi connectivity index (χ2v) is 5.41. The van der Waals surface area contributed by atoms with Gasteiger partial charge in [0.05, 0.1) is 17.4 Å². The van der Waals surface area contributed by atoms with E-state index in [0.717, 1.165) is 22.5 Å². The zero-order valence-corrected chi connectivity index (χ0v) is 12.4. The summed E-state index contributed by atoms with van der Waals surface area (Å²) in [5.74, 6) is 0. The van der Waals surface area contributed by atoms with Gasteiger partial charge in [-0.2, -0.15) is 0 Å². The highest BCUT2D eigenvalue weighted by Crippen LogP contribution is 2.31. The van der Waals surface area contributed by atoms with Crippen LogP contribution in [0, 0.1) is 6.92 Å². The van der Waals surface area contributed by atoms with Crippen molar-refractivity contribution in [3.63, 3.8) is 0 Å². The minimum atomic E-state index is 0.0492. The van der Waals surface area contributed by atoms with Crippen molar-refractivity contribution in [3.05, 3.63) is 57.6 Å². The van der Waals surface area contributed by atoms with Crippen LogP contribution in [0.3, 0.4) is 0 Å². The molecule has 2 aromatic rings. The number of benzene rings is 2. The zero-order chi connectivity index (χ0) is 14.0. The highest BCUT2D eigenvalue weighted by molar-refractivity contribution is 6.35. The van der Waals surface area contributed by atoms with Gasteiger partial charge >= 0.3 is 0 Å². The highest BCUT2D eigenvalue weighted by Gasteiger charge is 2.12. The van der Waals surface area contributed by atoms with Gasteiger partial charge in [0.1, 0.15) is 0 Å². The molecule has 19 heavy (non-hydrogen) atoms. The Balaban J connectivity index is 2.28. The van der Waals surface area contributed by atoms with Crippen LogP contribution in [0.25, 0.3) is 0 Å². The number of hydrogen-bond donors (Lipinski definition) is 2. The van der Waals surface area contributed by atoms with Crippen LogP contribution in [0.1, 0.15) is 24.1 Å². The van der Waals surface area contributed by atoms with E-state index in [2.05, 4.69) is 5.32 Å². The molecule has 0 spiro atoms. The summed E-state index contributed by atoms with van der Waals surface area (Å²) in [6.45, 7) is 4.07. The summed E-state index contributed by atoms with van der Waals surface area (Å²) in [4.78, 5) is 0. The van der Waals surface area contributed by atoms with Gasteiger partial charge in [-0.05, 0) is 43.2 Å². The number of halogens is 2. The molecule has 2 nitrogen and oxygen atoms in total. The molecule has 0 aliphatic heterocycles. The van der Waals surface area contributed by atoms with Crippen molar-refractivity contribution >= 4 is 34.6 Å². The van der Waals surface area contributed by atoms with Gasteiger partial charge in [0.25, 0.3) is 0 Å². The Bertz CT molecular complexity index is 576. The molecule has 2 aromatic carbocycles. The van der Waals surface area contributed by atoms with E-state index in [0.29, 0.717) is 10.0 Å². The largest absolute Gasteiger partial charge is 0.397 e. The van der Waals surface area contributed by atoms with Gasteiger partial charge in [-0.15, -0.1) is 0 Å². The van der Waals surface area contributed by atoms with Crippen molar-refractivity contribution in [2.45, 2.75) is 19.9 Å². The topological polar surface area (TPSA) is 38.0 Å². The molecule has 0 fully saturated rings. The van der Waals surface area contributed by atoms with Crippen LogP contribution < -0.4 is 11.1 Å². The van der Waals surface area contributed by atoms with Crippen LogP contribution in [0.4, 0.5) is 11.4 Å². The van der Waals surface area contributed by atoms with Crippen LogP contribution in [-0.2, 0) is 0 Å². The number of rotatable bonds is 3. The molecule has 2 rings (SSSR count). The van der Waals surface area contributed by atoms with Gasteiger partial charge in [-0.3, -0.25) is 0 Å². The normalized spacial score (nSPS) is 12.2. The highest BCUT2D eigenvalue weighted by atomic mass is 35.5. The Morgan fingerprint density at radius 2 is 1.89 bits per heavy atom. The molecule has 0 saturated heterocycles. The van der Waals surface area contributed by atoms with Crippen LogP contribution >= 0.6 is 23.2 Å². The summed E-state index contributed by atoms with van der Waals surface area (Å²) < 4.78 is 0. The van der Waals surface area contributed by atoms with E-state index in [9.17, 15) is 0 Å². The summed E-state index contributed by atoms with van der Waals surface area (Å²) in [5.41, 5.74) is 9.77. The maximum absolute atomic E-state index is 6.21. The molecule has 0 radical (unpaired) electrons. The van der Waals surface area contributed by atoms with E-state index in [-0.39, 0.29) is 6.04 Å². The smallest absolute Gasteiger partial charge is 0.0608 e. The maximum Gasteiger partial charge on any atom is 0.0608 e. The zero-order valence-electron chi connectivity index (χ0n) is 10.9. The van der Waals surface area contributed by atoms with Crippen LogP contribution in [0.5, 0.6) is 0 Å². The summed E-state index contributed by atoms with van der Waals surface area (Å²) in [6.07, 6.45) is 0. The fourth-order valence-corrected chi connectivity index (χ4v) is 2.61. The molecule has 3 N–H and O–H groups in total. The Kier molecular flexibility index (Phi) is 4.23. The molecular weight excluding hydrogens is 279 g/mol. The number of nitrogens with two attached hydrogens (primary N) is 1. The fourth-order valence-electron chi connectivity index (χ4n) is 2.03. The fraction of sp³-hybridized carbons (Fsp3) is 0.200. The van der Waals surface area contributed by atoms with E-state index in [4.69, 9.17) is 28.9 Å². The molecule has 1 atom stereocenters. The van der Waals surface area contributed by atoms with Crippen molar-refractivity contribution in [2.75, 3.05) is 11.1 Å². The molecule has 1 unspecified atom stereocenters. The Morgan fingerprint density at radius 3 is 2.53 bits per heavy atom. The third-order valence-electron chi connectivity index (χ3n) is 3.09. The van der Waals surface area contributed by atoms with Crippen LogP contribution in [-0.4, -0.2) is 0 Å². The van der Waals surface area contributed by atoms with Gasteiger partial charge in [0, 0.05) is 10.0 Å². The Labute approximate surface area is 123 Å². The first-order valence-electron chi connectivity index (χ1n) is 6.05. The van der Waals surface area contributed by atoms with E-state index >= 15 is 0 Å². The van der Waals surface area contributed by atoms with Gasteiger partial charge < -0.3 is 11.1 Å². The SMILES string of the molecule is Cc1cccc(N)c1NC(C)c1ccc(Cl)cc1Cl. The third-order valence-corrected chi connectivity index (χ3v) is 3.66. The second kappa shape index (κ2) is 5.72. The van der Waals surface area contributed by atoms with Crippen molar-refractivity contribution < 1.29 is 0 Å². The Morgan fingerprint density at radius 1 is 1.16 bits per heavy atom. The van der Waals surface area contributed by atoms with Gasteiger partial charge in [0.15, 0.2) is 0 Å². The van der Waals surface area contributed by atoms with Crippen molar-refractivity contribution in [1.29, 1.82) is 0 Å². The summed E-state index contributed by atoms with van der Waals surface area (Å²) in [7, 11) is 0. The molecule has 4 heteroatoms. The van der Waals surface area contributed by atoms with E-state index < -0.39 is 0 Å². The molecular formula is C15H16Cl2N2. The van der Waals surface area contributed by atoms with E-state index in [1.54, 1.807) is 6.07 Å². The maximum atomic E-state index is 6.21. The first-order valence-corrected chi connectivity index (χ1v) is 6.81. The average Bonchev–Trinajstić information content (AvgIpc) is 2.33. The monoisotopic (exact) mass is 294 g/mol. The number of anilines is 2. The van der Waals surface area contributed by atoms with Crippen LogP contribution in [0.2, 0.25) is 10.0 Å². The first kappa shape index (κ1) is 14.0. The van der Waals surface area contributed by atoms with Gasteiger partial charge in [0.2, 0.25) is 0 Å². The molecule has 0 saturated carbocycles. The molecule has 0 amide bonds. The number of para-hydroxylation sites is 1. The van der Waals surface area contributed by atoms with Gasteiger partial charge in [-0.25, -0.2) is 0 Å². The second-order valence-electron chi connectivity index (χ2n) is 4.57. The summed E-state index contributed by atoms with van der Waals surface area (Å²) >= 11 is 12.1. The third kappa shape index (κ3) is 3.14. The van der Waals surface area contributed by atoms with E-state index in [1.807, 2.05) is 44.2 Å². The molecule has 0 aliphatic rings. The lowest BCUT2D eigenvalue weighted by Gasteiger charge is -2.20. The molecule has 0 aromatic heterocycles. The standard InChI is InChI=1S/C15H16Cl2N2/c1-9-4-3-5-14(18)15(9)19-10(2)12-7-6-11(16)8-13(12)17/h3-8,10,19H,18H2,1-2H3. The van der Waals surface area contributed by atoms with Gasteiger partial charge in [-0.1, -0.05) is 41.4 Å². The van der Waals surface area contributed by atoms with Crippen molar-refractivity contribution in [2.24, 2.45) is 0 Å². The predicted molar refractivity (Wildman–Crippen MR) is 84.1 cm³/mol. The lowest BCUT2D eigenvalue weighted by Crippen LogP contribution is -2.10. The lowest BCUT2D eigenvalue weighted by atomic mass is 10.1. The van der Waals surface area contributed by atoms with Crippen molar-refractivity contribution in [1.82, 2.24) is 0 Å². The number of hydrogen-bond acceptors (Lipinski definition) is 2. The summed E-state index contributed by atoms with van der Waals surface area (Å²) in [6, 6.07) is 11.4. The minimum Gasteiger partial charge on any atom is -0.397 e. The molecule has 100 valence electrons. The lowest BCUT2D eigenvalue weighted by molar-refractivity contribution is 0.883. The van der Waals surface area contributed by atoms with Crippen molar-refractivity contribution in [3.8, 4) is 0 Å². The number of aryl methyl sites for hydroxylation is 1. The number of nitrogen functional groups attached to an aromatic ring is 1. The minimum absolute atomic E-state index is 0.0492. The molecule has 0 heterocycles. The predicted octanol–water partition coefficient (Wildman–Crippen LogP) is 5.06. The molecule has 0 bridgehead atoms. The number of nitrogens with one attached hydrogen (secondary N) is 1. The average molecular weight is 295 g/mol. The first-order chi connectivity index (χ1) is 8.99. The molecule has 0 aliphatic carbocycles. The van der Waals surface area contributed by atoms with Crippen LogP contribution in [0.15, 0.2) is 36.4 Å². The van der Waals surface area contributed by atoms with E-state index in [1.165, 1.54) is 0 Å². The quantitative estimate of drug-likeness (QED) is 0.777. The Hall–Kier alpha value is -1.38.